The van der Waals surface area contributed by atoms with Gasteiger partial charge in [-0.1, -0.05) is 0 Å². The number of hydrogen-bond acceptors (Lipinski definition) is 4. The van der Waals surface area contributed by atoms with Crippen LogP contribution in [0, 0.1) is 0 Å². The van der Waals surface area contributed by atoms with Crippen LogP contribution in [-0.4, -0.2) is 36.0 Å². The highest BCUT2D eigenvalue weighted by molar-refractivity contribution is 5.84. The van der Waals surface area contributed by atoms with E-state index in [-0.39, 0.29) is 0 Å². The maximum atomic E-state index is 10.8. The van der Waals surface area contributed by atoms with Gasteiger partial charge in [-0.15, -0.1) is 0 Å². The molecule has 0 aliphatic rings. The van der Waals surface area contributed by atoms with Crippen LogP contribution in [0.2, 0.25) is 0 Å². The number of aldehydes is 1. The SMILES string of the molecule is C[C@H](C=O)NC(=O)[C@H](N)CO. The average Bonchev–Trinajstić information content (AvgIpc) is 2.02. The molecule has 0 rings (SSSR count). The number of amides is 1. The molecule has 1 amide bonds. The number of carbonyl (C=O) groups excluding carboxylic acids is 2. The fourth-order valence-electron chi connectivity index (χ4n) is 0.448. The molecule has 0 aromatic heterocycles. The van der Waals surface area contributed by atoms with Crippen molar-refractivity contribution in [1.82, 2.24) is 5.32 Å². The van der Waals surface area contributed by atoms with Crippen molar-refractivity contribution < 1.29 is 14.7 Å². The molecule has 0 aromatic carbocycles. The van der Waals surface area contributed by atoms with E-state index in [2.05, 4.69) is 5.32 Å². The lowest BCUT2D eigenvalue weighted by Gasteiger charge is -2.10. The molecule has 0 unspecified atom stereocenters. The molecule has 0 radical (unpaired) electrons. The highest BCUT2D eigenvalue weighted by atomic mass is 16.3. The minimum atomic E-state index is -0.947. The Morgan fingerprint density at radius 3 is 2.73 bits per heavy atom. The third kappa shape index (κ3) is 3.69. The van der Waals surface area contributed by atoms with Gasteiger partial charge < -0.3 is 21.0 Å². The third-order valence-corrected chi connectivity index (χ3v) is 1.11. The lowest BCUT2D eigenvalue weighted by molar-refractivity contribution is -0.125. The highest BCUT2D eigenvalue weighted by Gasteiger charge is 2.13. The second-order valence-electron chi connectivity index (χ2n) is 2.22. The molecule has 0 aliphatic heterocycles. The van der Waals surface area contributed by atoms with Crippen LogP contribution in [-0.2, 0) is 9.59 Å². The van der Waals surface area contributed by atoms with E-state index in [1.807, 2.05) is 0 Å². The van der Waals surface area contributed by atoms with Crippen molar-refractivity contribution in [3.05, 3.63) is 0 Å². The first-order chi connectivity index (χ1) is 5.11. The molecule has 0 bridgehead atoms. The summed E-state index contributed by atoms with van der Waals surface area (Å²) in [6, 6.07) is -1.50. The Hall–Kier alpha value is -0.940. The normalized spacial score (nSPS) is 15.2. The molecule has 0 saturated heterocycles. The number of aliphatic hydroxyl groups is 1. The molecule has 4 N–H and O–H groups in total. The number of nitrogens with one attached hydrogen (secondary N) is 1. The standard InChI is InChI=1S/C6H12N2O3/c1-4(2-9)8-6(11)5(7)3-10/h2,4-5,10H,3,7H2,1H3,(H,8,11)/t4-,5-/m1/s1. The lowest BCUT2D eigenvalue weighted by atomic mass is 10.3. The summed E-state index contributed by atoms with van der Waals surface area (Å²) in [4.78, 5) is 20.8. The van der Waals surface area contributed by atoms with Crippen LogP contribution in [0.1, 0.15) is 6.92 Å². The van der Waals surface area contributed by atoms with Gasteiger partial charge in [0.05, 0.1) is 12.6 Å². The van der Waals surface area contributed by atoms with Crippen LogP contribution in [0.3, 0.4) is 0 Å². The van der Waals surface area contributed by atoms with Gasteiger partial charge in [-0.25, -0.2) is 0 Å². The van der Waals surface area contributed by atoms with Gasteiger partial charge in [0, 0.05) is 0 Å². The van der Waals surface area contributed by atoms with Gasteiger partial charge in [-0.2, -0.15) is 0 Å². The van der Waals surface area contributed by atoms with E-state index in [0.29, 0.717) is 6.29 Å². The van der Waals surface area contributed by atoms with E-state index in [1.165, 1.54) is 6.92 Å². The molecule has 5 nitrogen and oxygen atoms in total. The van der Waals surface area contributed by atoms with Crippen molar-refractivity contribution in [2.24, 2.45) is 5.73 Å². The Bertz CT molecular complexity index is 149. The Kier molecular flexibility index (Phi) is 4.40. The summed E-state index contributed by atoms with van der Waals surface area (Å²) in [7, 11) is 0. The van der Waals surface area contributed by atoms with Gasteiger partial charge in [0.15, 0.2) is 0 Å². The zero-order valence-electron chi connectivity index (χ0n) is 6.28. The van der Waals surface area contributed by atoms with E-state index in [4.69, 9.17) is 10.8 Å². The quantitative estimate of drug-likeness (QED) is 0.415. The van der Waals surface area contributed by atoms with Crippen LogP contribution in [0.5, 0.6) is 0 Å². The molecule has 0 fully saturated rings. The van der Waals surface area contributed by atoms with E-state index in [0.717, 1.165) is 0 Å². The van der Waals surface area contributed by atoms with Gasteiger partial charge in [0.1, 0.15) is 12.3 Å². The van der Waals surface area contributed by atoms with Gasteiger partial charge in [-0.3, -0.25) is 4.79 Å². The Morgan fingerprint density at radius 1 is 1.82 bits per heavy atom. The fourth-order valence-corrected chi connectivity index (χ4v) is 0.448. The van der Waals surface area contributed by atoms with Gasteiger partial charge >= 0.3 is 0 Å². The summed E-state index contributed by atoms with van der Waals surface area (Å²) in [5, 5.41) is 10.7. The summed E-state index contributed by atoms with van der Waals surface area (Å²) in [5.41, 5.74) is 5.14. The average molecular weight is 160 g/mol. The molecule has 2 atom stereocenters. The van der Waals surface area contributed by atoms with Crippen molar-refractivity contribution in [2.45, 2.75) is 19.0 Å². The number of hydrogen-bond donors (Lipinski definition) is 3. The summed E-state index contributed by atoms with van der Waals surface area (Å²) in [5.74, 6) is -0.521. The lowest BCUT2D eigenvalue weighted by Crippen LogP contribution is -2.46. The van der Waals surface area contributed by atoms with Crippen LogP contribution < -0.4 is 11.1 Å². The molecule has 0 spiro atoms. The number of rotatable bonds is 4. The van der Waals surface area contributed by atoms with Gasteiger partial charge in [0.25, 0.3) is 0 Å². The van der Waals surface area contributed by atoms with Crippen LogP contribution >= 0.6 is 0 Å². The van der Waals surface area contributed by atoms with E-state index >= 15 is 0 Å². The fraction of sp³-hybridized carbons (Fsp3) is 0.667. The topological polar surface area (TPSA) is 92.4 Å². The van der Waals surface area contributed by atoms with E-state index < -0.39 is 24.6 Å². The number of carbonyl (C=O) groups is 2. The van der Waals surface area contributed by atoms with Crippen LogP contribution in [0.4, 0.5) is 0 Å². The highest BCUT2D eigenvalue weighted by Crippen LogP contribution is 1.79. The predicted molar refractivity (Wildman–Crippen MR) is 38.7 cm³/mol. The monoisotopic (exact) mass is 160 g/mol. The summed E-state index contributed by atoms with van der Waals surface area (Å²) >= 11 is 0. The first kappa shape index (κ1) is 10.1. The molecular formula is C6H12N2O3. The molecule has 0 saturated carbocycles. The largest absolute Gasteiger partial charge is 0.394 e. The smallest absolute Gasteiger partial charge is 0.239 e. The Labute approximate surface area is 64.6 Å². The van der Waals surface area contributed by atoms with Crippen molar-refractivity contribution in [2.75, 3.05) is 6.61 Å². The molecular weight excluding hydrogens is 148 g/mol. The molecule has 11 heavy (non-hydrogen) atoms. The summed E-state index contributed by atoms with van der Waals surface area (Å²) in [6.07, 6.45) is 0.585. The Morgan fingerprint density at radius 2 is 2.36 bits per heavy atom. The number of aliphatic hydroxyl groups excluding tert-OH is 1. The first-order valence-electron chi connectivity index (χ1n) is 3.24. The van der Waals surface area contributed by atoms with Crippen molar-refractivity contribution >= 4 is 12.2 Å². The van der Waals surface area contributed by atoms with E-state index in [1.54, 1.807) is 0 Å². The zero-order chi connectivity index (χ0) is 8.85. The molecule has 0 heterocycles. The van der Waals surface area contributed by atoms with Crippen molar-refractivity contribution in [3.8, 4) is 0 Å². The molecule has 0 aromatic rings. The minimum absolute atomic E-state index is 0.419. The third-order valence-electron chi connectivity index (χ3n) is 1.11. The van der Waals surface area contributed by atoms with Gasteiger partial charge in [0.2, 0.25) is 5.91 Å². The first-order valence-corrected chi connectivity index (χ1v) is 3.24. The van der Waals surface area contributed by atoms with Crippen molar-refractivity contribution in [3.63, 3.8) is 0 Å². The predicted octanol–water partition coefficient (Wildman–Crippen LogP) is -1.99. The zero-order valence-corrected chi connectivity index (χ0v) is 6.28. The second kappa shape index (κ2) is 4.81. The van der Waals surface area contributed by atoms with E-state index in [9.17, 15) is 9.59 Å². The molecule has 64 valence electrons. The summed E-state index contributed by atoms with van der Waals surface area (Å²) in [6.45, 7) is 1.10. The van der Waals surface area contributed by atoms with Crippen LogP contribution in [0.25, 0.3) is 0 Å². The molecule has 5 heteroatoms. The van der Waals surface area contributed by atoms with Crippen LogP contribution in [0.15, 0.2) is 0 Å². The Balaban J connectivity index is 3.76. The summed E-state index contributed by atoms with van der Waals surface area (Å²) < 4.78 is 0. The van der Waals surface area contributed by atoms with Gasteiger partial charge in [-0.05, 0) is 6.92 Å². The second-order valence-corrected chi connectivity index (χ2v) is 2.22. The van der Waals surface area contributed by atoms with Crippen molar-refractivity contribution in [1.29, 1.82) is 0 Å². The maximum Gasteiger partial charge on any atom is 0.239 e. The maximum absolute atomic E-state index is 10.8. The molecule has 0 aliphatic carbocycles. The minimum Gasteiger partial charge on any atom is -0.394 e. The number of nitrogens with two attached hydrogens (primary N) is 1.